The smallest absolute Gasteiger partial charge is 0.180 e. The lowest BCUT2D eigenvalue weighted by atomic mass is 10.1. The zero-order valence-electron chi connectivity index (χ0n) is 10.4. The summed E-state index contributed by atoms with van der Waals surface area (Å²) in [5, 5.41) is 19.5. The summed E-state index contributed by atoms with van der Waals surface area (Å²) in [5.41, 5.74) is 1.02. The maximum Gasteiger partial charge on any atom is 0.180 e. The Labute approximate surface area is 137 Å². The molecule has 114 valence electrons. The van der Waals surface area contributed by atoms with Crippen LogP contribution in [0.5, 0.6) is 0 Å². The first-order valence-corrected chi connectivity index (χ1v) is 7.60. The van der Waals surface area contributed by atoms with Crippen LogP contribution < -0.4 is 0 Å². The van der Waals surface area contributed by atoms with Gasteiger partial charge in [-0.3, -0.25) is 4.57 Å². The van der Waals surface area contributed by atoms with Crippen LogP contribution in [0.1, 0.15) is 6.23 Å². The highest BCUT2D eigenvalue weighted by atomic mass is 79.9. The van der Waals surface area contributed by atoms with Crippen molar-refractivity contribution < 1.29 is 19.3 Å². The third-order valence-electron chi connectivity index (χ3n) is 3.42. The number of aliphatic hydroxyl groups excluding tert-OH is 2. The molecule has 0 amide bonds. The topological polar surface area (TPSA) is 67.5 Å². The zero-order valence-corrected chi connectivity index (χ0v) is 13.5. The number of aromatic nitrogens is 2. The van der Waals surface area contributed by atoms with Gasteiger partial charge in [0.25, 0.3) is 0 Å². The van der Waals surface area contributed by atoms with E-state index < -0.39 is 31.2 Å². The number of halogens is 4. The second kappa shape index (κ2) is 5.64. The van der Waals surface area contributed by atoms with Gasteiger partial charge in [-0.2, -0.15) is 0 Å². The summed E-state index contributed by atoms with van der Waals surface area (Å²) in [6.07, 6.45) is -5.22. The average molecular weight is 400 g/mol. The van der Waals surface area contributed by atoms with E-state index in [1.807, 2.05) is 0 Å². The summed E-state index contributed by atoms with van der Waals surface area (Å²) < 4.78 is 21.4. The van der Waals surface area contributed by atoms with Crippen molar-refractivity contribution in [3.8, 4) is 0 Å². The Morgan fingerprint density at radius 1 is 1.38 bits per heavy atom. The van der Waals surface area contributed by atoms with Crippen molar-refractivity contribution in [3.63, 3.8) is 0 Å². The summed E-state index contributed by atoms with van der Waals surface area (Å²) in [7, 11) is 0. The molecule has 1 fully saturated rings. The van der Waals surface area contributed by atoms with E-state index in [1.165, 1.54) is 4.57 Å². The number of hydrogen-bond acceptors (Lipinski definition) is 4. The van der Waals surface area contributed by atoms with Crippen LogP contribution in [0.3, 0.4) is 0 Å². The number of benzene rings is 1. The first-order valence-electron chi connectivity index (χ1n) is 6.05. The molecule has 1 aliphatic heterocycles. The minimum Gasteiger partial charge on any atom is -0.394 e. The molecule has 5 nitrogen and oxygen atoms in total. The quantitative estimate of drug-likeness (QED) is 0.814. The molecule has 0 radical (unpaired) electrons. The van der Waals surface area contributed by atoms with E-state index >= 15 is 0 Å². The summed E-state index contributed by atoms with van der Waals surface area (Å²) >= 11 is 15.1. The largest absolute Gasteiger partial charge is 0.394 e. The summed E-state index contributed by atoms with van der Waals surface area (Å²) in [4.78, 5) is 4.22. The van der Waals surface area contributed by atoms with E-state index in [4.69, 9.17) is 33.0 Å². The molecule has 0 bridgehead atoms. The van der Waals surface area contributed by atoms with Gasteiger partial charge >= 0.3 is 0 Å². The highest BCUT2D eigenvalue weighted by Crippen LogP contribution is 2.38. The average Bonchev–Trinajstić information content (AvgIpc) is 2.89. The molecule has 3 rings (SSSR count). The van der Waals surface area contributed by atoms with Crippen molar-refractivity contribution in [2.75, 3.05) is 6.61 Å². The normalized spacial score (nSPS) is 29.4. The van der Waals surface area contributed by atoms with Crippen molar-refractivity contribution in [1.29, 1.82) is 0 Å². The van der Waals surface area contributed by atoms with Crippen LogP contribution in [0.25, 0.3) is 11.0 Å². The van der Waals surface area contributed by atoms with Crippen LogP contribution in [0.4, 0.5) is 4.39 Å². The molecule has 0 saturated carbocycles. The van der Waals surface area contributed by atoms with Gasteiger partial charge in [-0.1, -0.05) is 23.2 Å². The summed E-state index contributed by atoms with van der Waals surface area (Å²) in [5.74, 6) is 0. The number of nitrogens with zero attached hydrogens (tertiary/aromatic N) is 2. The monoisotopic (exact) mass is 398 g/mol. The minimum absolute atomic E-state index is 0.297. The van der Waals surface area contributed by atoms with Crippen molar-refractivity contribution in [2.24, 2.45) is 0 Å². The molecule has 0 unspecified atom stereocenters. The van der Waals surface area contributed by atoms with E-state index in [9.17, 15) is 9.50 Å². The molecule has 4 atom stereocenters. The number of hydrogen-bond donors (Lipinski definition) is 2. The number of rotatable bonds is 2. The molecule has 0 aliphatic carbocycles. The fourth-order valence-corrected chi connectivity index (χ4v) is 3.27. The van der Waals surface area contributed by atoms with E-state index in [0.717, 1.165) is 0 Å². The second-order valence-electron chi connectivity index (χ2n) is 4.69. The van der Waals surface area contributed by atoms with Gasteiger partial charge in [0.05, 0.1) is 27.7 Å². The molecular weight excluding hydrogens is 390 g/mol. The Balaban J connectivity index is 2.12. The Kier molecular flexibility index (Phi) is 4.15. The summed E-state index contributed by atoms with van der Waals surface area (Å²) in [6.45, 7) is -0.477. The molecule has 21 heavy (non-hydrogen) atoms. The summed E-state index contributed by atoms with van der Waals surface area (Å²) in [6, 6.07) is 3.11. The number of aliphatic hydroxyl groups is 2. The fraction of sp³-hybridized carbons (Fsp3) is 0.417. The first kappa shape index (κ1) is 15.5. The lowest BCUT2D eigenvalue weighted by molar-refractivity contribution is -0.0465. The van der Waals surface area contributed by atoms with Gasteiger partial charge in [-0.15, -0.1) is 0 Å². The van der Waals surface area contributed by atoms with Gasteiger partial charge in [0, 0.05) is 0 Å². The lowest BCUT2D eigenvalue weighted by Crippen LogP contribution is -2.30. The van der Waals surface area contributed by atoms with Gasteiger partial charge < -0.3 is 14.9 Å². The zero-order chi connectivity index (χ0) is 15.3. The van der Waals surface area contributed by atoms with Crippen LogP contribution in [0, 0.1) is 0 Å². The standard InChI is InChI=1S/C12H10BrCl2FN2O3/c13-12-17-6-1-4(14)5(15)2-7(6)18(12)11-9(16)10(20)8(3-19)21-11/h1-2,8-11,19-20H,3H2/t8-,9+,10-,11-/m1/s1. The van der Waals surface area contributed by atoms with E-state index in [0.29, 0.717) is 25.8 Å². The number of fused-ring (bicyclic) bond motifs is 1. The van der Waals surface area contributed by atoms with Gasteiger partial charge in [0.1, 0.15) is 12.2 Å². The molecule has 2 heterocycles. The molecule has 0 spiro atoms. The Morgan fingerprint density at radius 3 is 2.67 bits per heavy atom. The number of alkyl halides is 1. The fourth-order valence-electron chi connectivity index (χ4n) is 2.37. The molecule has 9 heteroatoms. The van der Waals surface area contributed by atoms with Crippen LogP contribution in [-0.2, 0) is 4.74 Å². The SMILES string of the molecule is OC[C@H]1O[C@@H](n2c(Br)nc3cc(Cl)c(Cl)cc32)[C@@H](F)[C@@H]1O. The predicted molar refractivity (Wildman–Crippen MR) is 79.4 cm³/mol. The molecule has 1 aromatic heterocycles. The third kappa shape index (κ3) is 2.46. The molecule has 1 saturated heterocycles. The van der Waals surface area contributed by atoms with Gasteiger partial charge in [0.2, 0.25) is 0 Å². The third-order valence-corrected chi connectivity index (χ3v) is 4.70. The highest BCUT2D eigenvalue weighted by molar-refractivity contribution is 9.10. The van der Waals surface area contributed by atoms with Crippen molar-refractivity contribution in [2.45, 2.75) is 24.6 Å². The Bertz CT molecular complexity index is 699. The van der Waals surface area contributed by atoms with E-state index in [-0.39, 0.29) is 0 Å². The van der Waals surface area contributed by atoms with Crippen molar-refractivity contribution >= 4 is 50.2 Å². The number of ether oxygens (including phenoxy) is 1. The van der Waals surface area contributed by atoms with Gasteiger partial charge in [-0.05, 0) is 28.1 Å². The Morgan fingerprint density at radius 2 is 2.05 bits per heavy atom. The van der Waals surface area contributed by atoms with Crippen LogP contribution in [0.2, 0.25) is 10.0 Å². The number of imidazole rings is 1. The second-order valence-corrected chi connectivity index (χ2v) is 6.21. The van der Waals surface area contributed by atoms with Gasteiger partial charge in [-0.25, -0.2) is 9.37 Å². The van der Waals surface area contributed by atoms with Crippen molar-refractivity contribution in [1.82, 2.24) is 9.55 Å². The maximum absolute atomic E-state index is 14.3. The van der Waals surface area contributed by atoms with E-state index in [2.05, 4.69) is 20.9 Å². The molecule has 1 aromatic carbocycles. The van der Waals surface area contributed by atoms with Gasteiger partial charge in [0.15, 0.2) is 17.1 Å². The molecular formula is C12H10BrCl2FN2O3. The van der Waals surface area contributed by atoms with E-state index in [1.54, 1.807) is 12.1 Å². The Hall–Kier alpha value is -0.440. The minimum atomic E-state index is -1.70. The predicted octanol–water partition coefficient (Wildman–Crippen LogP) is 2.69. The lowest BCUT2D eigenvalue weighted by Gasteiger charge is -2.17. The van der Waals surface area contributed by atoms with Crippen LogP contribution in [-0.4, -0.2) is 44.8 Å². The van der Waals surface area contributed by atoms with Crippen molar-refractivity contribution in [3.05, 3.63) is 26.9 Å². The van der Waals surface area contributed by atoms with Crippen LogP contribution in [0.15, 0.2) is 16.9 Å². The molecule has 2 aromatic rings. The molecule has 2 N–H and O–H groups in total. The molecule has 1 aliphatic rings. The highest BCUT2D eigenvalue weighted by Gasteiger charge is 2.45. The maximum atomic E-state index is 14.3. The van der Waals surface area contributed by atoms with Crippen LogP contribution >= 0.6 is 39.1 Å². The first-order chi connectivity index (χ1) is 9.93.